The third kappa shape index (κ3) is 8.00. The number of fused-ring (bicyclic) bond motifs is 1. The lowest BCUT2D eigenvalue weighted by Gasteiger charge is -2.29. The van der Waals surface area contributed by atoms with Gasteiger partial charge in [0.2, 0.25) is 0 Å². The number of benzene rings is 4. The second-order valence-corrected chi connectivity index (χ2v) is 11.4. The molecule has 0 saturated carbocycles. The largest absolute Gasteiger partial charge is 0.480 e. The minimum Gasteiger partial charge on any atom is -0.480 e. The summed E-state index contributed by atoms with van der Waals surface area (Å²) in [4.78, 5) is 39.7. The number of carbonyl (C=O) groups is 2. The number of ether oxygens (including phenoxy) is 1. The van der Waals surface area contributed by atoms with Crippen molar-refractivity contribution in [2.75, 3.05) is 31.2 Å². The lowest BCUT2D eigenvalue weighted by Crippen LogP contribution is -2.43. The molecule has 1 fully saturated rings. The number of hydrogen-bond acceptors (Lipinski definition) is 5. The molecule has 6 rings (SSSR count). The van der Waals surface area contributed by atoms with Crippen molar-refractivity contribution in [3.05, 3.63) is 136 Å². The molecule has 5 aromatic rings. The van der Waals surface area contributed by atoms with Crippen LogP contribution in [-0.2, 0) is 29.2 Å². The van der Waals surface area contributed by atoms with Gasteiger partial charge in [0.15, 0.2) is 0 Å². The number of carbonyl (C=O) groups excluding carboxylic acids is 1. The molecule has 4 aromatic carbocycles. The summed E-state index contributed by atoms with van der Waals surface area (Å²) in [6, 6.07) is 22.0. The molecule has 8 nitrogen and oxygen atoms in total. The van der Waals surface area contributed by atoms with Crippen LogP contribution in [0, 0.1) is 11.6 Å². The summed E-state index contributed by atoms with van der Waals surface area (Å²) >= 11 is 0. The Balaban J connectivity index is 0.000000732. The molecule has 1 saturated heterocycles. The molecule has 260 valence electrons. The smallest absolute Gasteiger partial charge is 0.417 e. The highest BCUT2D eigenvalue weighted by Gasteiger charge is 2.36. The van der Waals surface area contributed by atoms with Gasteiger partial charge in [0.05, 0.1) is 24.3 Å². The predicted octanol–water partition coefficient (Wildman–Crippen LogP) is 6.45. The van der Waals surface area contributed by atoms with Crippen molar-refractivity contribution < 1.29 is 41.4 Å². The number of alkyl halides is 3. The average molecular weight is 694 g/mol. The van der Waals surface area contributed by atoms with Gasteiger partial charge in [-0.2, -0.15) is 13.2 Å². The van der Waals surface area contributed by atoms with Gasteiger partial charge in [-0.05, 0) is 40.1 Å². The van der Waals surface area contributed by atoms with Crippen molar-refractivity contribution in [2.24, 2.45) is 7.05 Å². The van der Waals surface area contributed by atoms with Crippen molar-refractivity contribution in [3.63, 3.8) is 0 Å². The quantitative estimate of drug-likeness (QED) is 0.190. The Kier molecular flexibility index (Phi) is 11.0. The van der Waals surface area contributed by atoms with E-state index in [1.807, 2.05) is 36.4 Å². The third-order valence-electron chi connectivity index (χ3n) is 8.18. The number of pyridine rings is 1. The van der Waals surface area contributed by atoms with E-state index in [-0.39, 0.29) is 23.1 Å². The molecule has 13 heteroatoms. The maximum absolute atomic E-state index is 15.0. The van der Waals surface area contributed by atoms with Crippen molar-refractivity contribution in [3.8, 4) is 11.1 Å². The Morgan fingerprint density at radius 3 is 2.04 bits per heavy atom. The molecule has 0 aliphatic carbocycles. The molecule has 50 heavy (non-hydrogen) atoms. The highest BCUT2D eigenvalue weighted by atomic mass is 19.4. The highest BCUT2D eigenvalue weighted by molar-refractivity contribution is 6.00. The second kappa shape index (κ2) is 15.3. The fraction of sp³-hybridized carbons (Fsp3) is 0.216. The summed E-state index contributed by atoms with van der Waals surface area (Å²) in [7, 11) is 1.32. The highest BCUT2D eigenvalue weighted by Crippen LogP contribution is 2.38. The van der Waals surface area contributed by atoms with Crippen LogP contribution in [0.3, 0.4) is 0 Å². The molecule has 0 radical (unpaired) electrons. The topological polar surface area (TPSA) is 101 Å². The molecule has 0 bridgehead atoms. The van der Waals surface area contributed by atoms with Crippen LogP contribution in [0.25, 0.3) is 21.9 Å². The lowest BCUT2D eigenvalue weighted by molar-refractivity contribution is -0.139. The monoisotopic (exact) mass is 693 g/mol. The number of aliphatic carboxylic acids is 1. The van der Waals surface area contributed by atoms with Gasteiger partial charge in [-0.1, -0.05) is 72.8 Å². The second-order valence-electron chi connectivity index (χ2n) is 11.4. The first-order valence-electron chi connectivity index (χ1n) is 15.5. The van der Waals surface area contributed by atoms with Crippen LogP contribution in [-0.4, -0.2) is 53.9 Å². The number of nitrogens with one attached hydrogen (secondary N) is 1. The van der Waals surface area contributed by atoms with E-state index in [1.54, 1.807) is 11.0 Å². The summed E-state index contributed by atoms with van der Waals surface area (Å²) < 4.78 is 77.9. The number of carboxylic acids is 1. The summed E-state index contributed by atoms with van der Waals surface area (Å²) in [5.74, 6) is -5.14. The first-order chi connectivity index (χ1) is 23.9. The number of morpholine rings is 1. The van der Waals surface area contributed by atoms with Crippen molar-refractivity contribution in [2.45, 2.75) is 18.6 Å². The predicted molar refractivity (Wildman–Crippen MR) is 178 cm³/mol. The lowest BCUT2D eigenvalue weighted by atomic mass is 9.91. The van der Waals surface area contributed by atoms with E-state index in [0.29, 0.717) is 37.3 Å². The van der Waals surface area contributed by atoms with E-state index in [1.165, 1.54) is 37.4 Å². The van der Waals surface area contributed by atoms with Gasteiger partial charge in [-0.3, -0.25) is 9.59 Å². The van der Waals surface area contributed by atoms with Gasteiger partial charge in [0.1, 0.15) is 23.2 Å². The molecule has 1 atom stereocenters. The molecule has 1 aliphatic rings. The molecular formula is C37H32F5N3O5. The van der Waals surface area contributed by atoms with Gasteiger partial charge in [0, 0.05) is 38.4 Å². The summed E-state index contributed by atoms with van der Waals surface area (Å²) in [5.41, 5.74) is -3.02. The molecule has 2 N–H and O–H groups in total. The van der Waals surface area contributed by atoms with E-state index in [4.69, 9.17) is 4.74 Å². The molecule has 1 aromatic heterocycles. The summed E-state index contributed by atoms with van der Waals surface area (Å²) in [6.45, 7) is 1.53. The molecule has 0 spiro atoms. The minimum absolute atomic E-state index is 0.0155. The SMILES string of the molecule is Cn1ccc(C(F)(F)F)c(-c2cccc3c(CC(NC(=O)c4c(F)cc(N5CCOCC5)cc4F)C(=O)O)cccc23)c1=O.c1ccccc1. The molecule has 1 aliphatic heterocycles. The number of hydrogen-bond donors (Lipinski definition) is 2. The summed E-state index contributed by atoms with van der Waals surface area (Å²) in [5, 5.41) is 12.6. The Morgan fingerprint density at radius 2 is 1.46 bits per heavy atom. The molecular weight excluding hydrogens is 661 g/mol. The standard InChI is InChI=1S/C31H26F5N3O5.C6H6/c1-38-9-8-22(31(34,35)36)26(29(38)41)21-7-3-5-19-17(4-2-6-20(19)21)14-25(30(42)43)37-28(40)27-23(32)15-18(16-24(27)33)39-10-12-44-13-11-39;1-2-4-6-5-3-1/h2-9,15-16,25H,10-14H2,1H3,(H,37,40)(H,42,43);1-6H. The number of nitrogens with zero attached hydrogens (tertiary/aromatic N) is 2. The van der Waals surface area contributed by atoms with Gasteiger partial charge in [-0.25, -0.2) is 13.6 Å². The molecule has 1 amide bonds. The minimum atomic E-state index is -4.83. The number of halogens is 5. The van der Waals surface area contributed by atoms with Crippen LogP contribution >= 0.6 is 0 Å². The van der Waals surface area contributed by atoms with Crippen LogP contribution in [0.5, 0.6) is 0 Å². The molecule has 1 unspecified atom stereocenters. The zero-order valence-corrected chi connectivity index (χ0v) is 26.7. The van der Waals surface area contributed by atoms with E-state index in [2.05, 4.69) is 5.32 Å². The van der Waals surface area contributed by atoms with Crippen molar-refractivity contribution in [1.82, 2.24) is 9.88 Å². The van der Waals surface area contributed by atoms with E-state index >= 15 is 0 Å². The number of carboxylic acid groups (broad SMARTS) is 1. The number of anilines is 1. The zero-order valence-electron chi connectivity index (χ0n) is 26.7. The van der Waals surface area contributed by atoms with Crippen LogP contribution in [0.15, 0.2) is 102 Å². The number of amides is 1. The van der Waals surface area contributed by atoms with Gasteiger partial charge in [0.25, 0.3) is 11.5 Å². The Morgan fingerprint density at radius 1 is 0.880 bits per heavy atom. The van der Waals surface area contributed by atoms with Crippen LogP contribution in [0.1, 0.15) is 21.5 Å². The first kappa shape index (κ1) is 35.7. The van der Waals surface area contributed by atoms with E-state index in [0.717, 1.165) is 29.0 Å². The third-order valence-corrected chi connectivity index (χ3v) is 8.18. The van der Waals surface area contributed by atoms with Gasteiger partial charge in [-0.15, -0.1) is 0 Å². The number of rotatable bonds is 7. The number of aromatic nitrogens is 1. The van der Waals surface area contributed by atoms with Gasteiger partial charge >= 0.3 is 12.1 Å². The van der Waals surface area contributed by atoms with Gasteiger partial charge < -0.3 is 24.6 Å². The van der Waals surface area contributed by atoms with E-state index < -0.39 is 58.0 Å². The Bertz CT molecular complexity index is 2010. The van der Waals surface area contributed by atoms with Crippen molar-refractivity contribution in [1.29, 1.82) is 0 Å². The maximum atomic E-state index is 15.0. The normalized spacial score (nSPS) is 13.7. The fourth-order valence-corrected chi connectivity index (χ4v) is 5.71. The van der Waals surface area contributed by atoms with Crippen LogP contribution in [0.2, 0.25) is 0 Å². The van der Waals surface area contributed by atoms with Crippen LogP contribution in [0.4, 0.5) is 27.6 Å². The fourth-order valence-electron chi connectivity index (χ4n) is 5.71. The Hall–Kier alpha value is -5.56. The van der Waals surface area contributed by atoms with E-state index in [9.17, 15) is 41.4 Å². The number of aryl methyl sites for hydroxylation is 1. The Labute approximate surface area is 283 Å². The van der Waals surface area contributed by atoms with Crippen molar-refractivity contribution >= 4 is 28.3 Å². The molecule has 2 heterocycles. The first-order valence-corrected chi connectivity index (χ1v) is 15.5. The maximum Gasteiger partial charge on any atom is 0.417 e. The summed E-state index contributed by atoms with van der Waals surface area (Å²) in [6.07, 6.45) is -4.19. The zero-order chi connectivity index (χ0) is 36.0. The average Bonchev–Trinajstić information content (AvgIpc) is 3.09. The van der Waals surface area contributed by atoms with Crippen LogP contribution < -0.4 is 15.8 Å².